The number of hydrogen-bond acceptors (Lipinski definition) is 3. The van der Waals surface area contributed by atoms with Gasteiger partial charge in [0.25, 0.3) is 0 Å². The van der Waals surface area contributed by atoms with Crippen LogP contribution < -0.4 is 9.46 Å². The van der Waals surface area contributed by atoms with Crippen molar-refractivity contribution in [2.75, 3.05) is 6.61 Å². The second-order valence-electron chi connectivity index (χ2n) is 9.07. The van der Waals surface area contributed by atoms with E-state index in [0.29, 0.717) is 5.92 Å². The Hall–Kier alpha value is -0.710. The number of nitrogens with one attached hydrogen (secondary N) is 1. The second kappa shape index (κ2) is 9.29. The molecular weight excluding hydrogens is 330 g/mol. The molecule has 4 heteroatoms. The van der Waals surface area contributed by atoms with Crippen molar-refractivity contribution in [3.05, 3.63) is 29.8 Å². The van der Waals surface area contributed by atoms with Crippen LogP contribution in [0.5, 0.6) is 5.75 Å². The quantitative estimate of drug-likeness (QED) is 0.605. The smallest absolute Gasteiger partial charge is 0.136 e. The predicted octanol–water partition coefficient (Wildman–Crippen LogP) is 5.64. The number of ether oxygens (including phenoxy) is 1. The van der Waals surface area contributed by atoms with Crippen LogP contribution in [-0.2, 0) is 11.4 Å². The van der Waals surface area contributed by atoms with Crippen molar-refractivity contribution < 1.29 is 9.29 Å². The van der Waals surface area contributed by atoms with Crippen LogP contribution in [-0.4, -0.2) is 15.9 Å². The van der Waals surface area contributed by atoms with Gasteiger partial charge in [0.1, 0.15) is 10.5 Å². The third-order valence-electron chi connectivity index (χ3n) is 4.18. The molecule has 0 spiro atoms. The standard InChI is InChI=1S/C21H37NO2S/c1-9-10-16(2)15-24-18-13-11-17(12-14-18)19(20(3,4)5)22-25(23)21(6,7)8/h11-14,16,19,22H,9-10,15H2,1-8H3/t16?,19-,25?/m1/s1. The minimum atomic E-state index is -1.11. The maximum atomic E-state index is 12.6. The summed E-state index contributed by atoms with van der Waals surface area (Å²) >= 11 is -1.11. The summed E-state index contributed by atoms with van der Waals surface area (Å²) < 4.78 is 21.5. The van der Waals surface area contributed by atoms with Gasteiger partial charge in [-0.15, -0.1) is 4.72 Å². The first kappa shape index (κ1) is 22.3. The van der Waals surface area contributed by atoms with E-state index in [0.717, 1.165) is 17.9 Å². The molecule has 0 bridgehead atoms. The summed E-state index contributed by atoms with van der Waals surface area (Å²) in [5.41, 5.74) is 1.10. The summed E-state index contributed by atoms with van der Waals surface area (Å²) in [4.78, 5) is 0. The Kier molecular flexibility index (Phi) is 8.30. The van der Waals surface area contributed by atoms with Crippen LogP contribution in [0.15, 0.2) is 24.3 Å². The molecule has 3 nitrogen and oxygen atoms in total. The van der Waals surface area contributed by atoms with Crippen molar-refractivity contribution in [2.45, 2.75) is 79.0 Å². The third kappa shape index (κ3) is 7.59. The van der Waals surface area contributed by atoms with E-state index in [1.807, 2.05) is 32.9 Å². The summed E-state index contributed by atoms with van der Waals surface area (Å²) in [5.74, 6) is 1.47. The zero-order valence-electron chi connectivity index (χ0n) is 17.3. The van der Waals surface area contributed by atoms with Crippen molar-refractivity contribution in [1.29, 1.82) is 0 Å². The van der Waals surface area contributed by atoms with E-state index in [1.54, 1.807) is 0 Å². The highest BCUT2D eigenvalue weighted by Crippen LogP contribution is 2.35. The highest BCUT2D eigenvalue weighted by molar-refractivity contribution is 7.90. The molecule has 144 valence electrons. The van der Waals surface area contributed by atoms with Crippen molar-refractivity contribution in [2.24, 2.45) is 11.3 Å². The van der Waals surface area contributed by atoms with Crippen LogP contribution in [0.3, 0.4) is 0 Å². The van der Waals surface area contributed by atoms with Crippen LogP contribution in [0.1, 0.15) is 79.8 Å². The number of benzene rings is 1. The van der Waals surface area contributed by atoms with Gasteiger partial charge in [0.15, 0.2) is 0 Å². The Labute approximate surface area is 158 Å². The lowest BCUT2D eigenvalue weighted by atomic mass is 9.83. The van der Waals surface area contributed by atoms with E-state index >= 15 is 0 Å². The van der Waals surface area contributed by atoms with Crippen LogP contribution in [0.4, 0.5) is 0 Å². The van der Waals surface area contributed by atoms with Gasteiger partial charge < -0.3 is 9.29 Å². The molecule has 1 aromatic carbocycles. The monoisotopic (exact) mass is 367 g/mol. The van der Waals surface area contributed by atoms with Crippen molar-refractivity contribution in [3.63, 3.8) is 0 Å². The van der Waals surface area contributed by atoms with Gasteiger partial charge in [-0.3, -0.25) is 0 Å². The SMILES string of the molecule is CCCC(C)COc1ccc([C@@H](N[S+]([O-])C(C)(C)C)C(C)(C)C)cc1. The number of rotatable bonds is 8. The first-order chi connectivity index (χ1) is 11.4. The topological polar surface area (TPSA) is 44.3 Å². The lowest BCUT2D eigenvalue weighted by molar-refractivity contribution is 0.251. The van der Waals surface area contributed by atoms with Gasteiger partial charge in [-0.2, -0.15) is 0 Å². The van der Waals surface area contributed by atoms with Crippen LogP contribution in [0, 0.1) is 11.3 Å². The summed E-state index contributed by atoms with van der Waals surface area (Å²) in [5, 5.41) is 0. The fraction of sp³-hybridized carbons (Fsp3) is 0.714. The molecule has 0 saturated heterocycles. The second-order valence-corrected chi connectivity index (χ2v) is 11.1. The Bertz CT molecular complexity index is 502. The molecule has 0 aliphatic heterocycles. The molecule has 0 heterocycles. The number of hydrogen-bond donors (Lipinski definition) is 1. The van der Waals surface area contributed by atoms with E-state index in [9.17, 15) is 4.55 Å². The zero-order chi connectivity index (χ0) is 19.3. The van der Waals surface area contributed by atoms with E-state index in [-0.39, 0.29) is 16.2 Å². The van der Waals surface area contributed by atoms with E-state index in [4.69, 9.17) is 4.74 Å². The van der Waals surface area contributed by atoms with Crippen molar-refractivity contribution >= 4 is 11.4 Å². The third-order valence-corrected chi connectivity index (χ3v) is 5.74. The largest absolute Gasteiger partial charge is 0.598 e. The summed E-state index contributed by atoms with van der Waals surface area (Å²) in [6.45, 7) is 17.6. The van der Waals surface area contributed by atoms with Gasteiger partial charge in [0.05, 0.1) is 12.6 Å². The maximum absolute atomic E-state index is 12.6. The molecule has 0 aliphatic rings. The van der Waals surface area contributed by atoms with Gasteiger partial charge in [-0.05, 0) is 56.2 Å². The molecule has 2 unspecified atom stereocenters. The lowest BCUT2D eigenvalue weighted by Crippen LogP contribution is -2.44. The van der Waals surface area contributed by atoms with E-state index < -0.39 is 11.4 Å². The molecule has 0 aliphatic carbocycles. The predicted molar refractivity (Wildman–Crippen MR) is 109 cm³/mol. The maximum Gasteiger partial charge on any atom is 0.136 e. The Morgan fingerprint density at radius 3 is 2.08 bits per heavy atom. The first-order valence-electron chi connectivity index (χ1n) is 9.36. The van der Waals surface area contributed by atoms with Gasteiger partial charge >= 0.3 is 0 Å². The molecule has 25 heavy (non-hydrogen) atoms. The van der Waals surface area contributed by atoms with E-state index in [1.165, 1.54) is 12.8 Å². The molecule has 1 rings (SSSR count). The molecule has 1 aromatic rings. The van der Waals surface area contributed by atoms with Gasteiger partial charge in [0.2, 0.25) is 0 Å². The minimum absolute atomic E-state index is 0.0145. The van der Waals surface area contributed by atoms with Gasteiger partial charge in [-0.25, -0.2) is 0 Å². The molecular formula is C21H37NO2S. The van der Waals surface area contributed by atoms with Crippen LogP contribution in [0.25, 0.3) is 0 Å². The summed E-state index contributed by atoms with van der Waals surface area (Å²) in [6, 6.07) is 8.23. The zero-order valence-corrected chi connectivity index (χ0v) is 18.1. The first-order valence-corrected chi connectivity index (χ1v) is 10.5. The molecule has 0 radical (unpaired) electrons. The average Bonchev–Trinajstić information content (AvgIpc) is 2.49. The highest BCUT2D eigenvalue weighted by atomic mass is 32.2. The average molecular weight is 368 g/mol. The molecule has 0 aromatic heterocycles. The van der Waals surface area contributed by atoms with Gasteiger partial charge in [0, 0.05) is 11.4 Å². The van der Waals surface area contributed by atoms with Crippen LogP contribution >= 0.6 is 0 Å². The van der Waals surface area contributed by atoms with Crippen molar-refractivity contribution in [3.8, 4) is 5.75 Å². The normalized spacial score (nSPS) is 16.4. The van der Waals surface area contributed by atoms with Gasteiger partial charge in [-0.1, -0.05) is 53.2 Å². The fourth-order valence-corrected chi connectivity index (χ4v) is 3.66. The van der Waals surface area contributed by atoms with E-state index in [2.05, 4.69) is 51.5 Å². The highest BCUT2D eigenvalue weighted by Gasteiger charge is 2.35. The minimum Gasteiger partial charge on any atom is -0.598 e. The molecule has 0 saturated carbocycles. The molecule has 0 amide bonds. The Balaban J connectivity index is 2.83. The van der Waals surface area contributed by atoms with Crippen molar-refractivity contribution in [1.82, 2.24) is 4.72 Å². The summed E-state index contributed by atoms with van der Waals surface area (Å²) in [6.07, 6.45) is 2.38. The molecule has 1 N–H and O–H groups in total. The van der Waals surface area contributed by atoms with Crippen LogP contribution in [0.2, 0.25) is 0 Å². The lowest BCUT2D eigenvalue weighted by Gasteiger charge is -2.35. The Morgan fingerprint density at radius 1 is 1.08 bits per heavy atom. The Morgan fingerprint density at radius 2 is 1.64 bits per heavy atom. The summed E-state index contributed by atoms with van der Waals surface area (Å²) in [7, 11) is 0. The molecule has 3 atom stereocenters. The molecule has 0 fully saturated rings. The fourth-order valence-electron chi connectivity index (χ4n) is 2.60.